The van der Waals surface area contributed by atoms with Crippen LogP contribution in [0.15, 0.2) is 0 Å². The van der Waals surface area contributed by atoms with Gasteiger partial charge in [-0.05, 0) is 54.0 Å². The quantitative estimate of drug-likeness (QED) is 0.822. The number of rotatable bonds is 4. The molecule has 0 bridgehead atoms. The molecule has 26 heavy (non-hydrogen) atoms. The Balaban J connectivity index is 2.79. The Labute approximate surface area is 158 Å². The summed E-state index contributed by atoms with van der Waals surface area (Å²) in [5.74, 6) is 0.510. The maximum Gasteiger partial charge on any atom is 0.410 e. The van der Waals surface area contributed by atoms with Crippen LogP contribution in [0, 0.1) is 5.92 Å². The van der Waals surface area contributed by atoms with Crippen LogP contribution >= 0.6 is 0 Å². The summed E-state index contributed by atoms with van der Waals surface area (Å²) in [6, 6.07) is -0.148. The molecule has 1 aliphatic heterocycles. The van der Waals surface area contributed by atoms with Gasteiger partial charge in [0.05, 0.1) is 6.04 Å². The summed E-state index contributed by atoms with van der Waals surface area (Å²) in [6.45, 7) is 18.1. The third-order valence-electron chi connectivity index (χ3n) is 3.69. The lowest BCUT2D eigenvalue weighted by molar-refractivity contribution is -0.0145. The molecule has 1 N–H and O–H groups in total. The topological polar surface area (TPSA) is 71.1 Å². The van der Waals surface area contributed by atoms with E-state index in [0.29, 0.717) is 32.1 Å². The number of nitrogens with one attached hydrogen (secondary N) is 1. The SMILES string of the molecule is CC(C)CNC[C@H]1CN(C(=O)OC(C)(C)C)CCN1C(=O)OC(C)(C)C. The molecule has 0 aromatic carbocycles. The molecular weight excluding hydrogens is 334 g/mol. The van der Waals surface area contributed by atoms with E-state index in [1.165, 1.54) is 0 Å². The molecule has 1 aliphatic rings. The molecule has 0 unspecified atom stereocenters. The maximum atomic E-state index is 12.6. The van der Waals surface area contributed by atoms with Crippen molar-refractivity contribution in [2.24, 2.45) is 5.92 Å². The van der Waals surface area contributed by atoms with Crippen molar-refractivity contribution in [3.05, 3.63) is 0 Å². The van der Waals surface area contributed by atoms with Crippen molar-refractivity contribution in [2.75, 3.05) is 32.7 Å². The van der Waals surface area contributed by atoms with Crippen LogP contribution in [0.1, 0.15) is 55.4 Å². The molecule has 1 fully saturated rings. The standard InChI is InChI=1S/C19H37N3O4/c1-14(2)11-20-12-15-13-21(16(23)25-18(3,4)5)9-10-22(15)17(24)26-19(6,7)8/h14-15,20H,9-13H2,1-8H3/t15-/m0/s1. The number of piperazine rings is 1. The van der Waals surface area contributed by atoms with Gasteiger partial charge in [0.15, 0.2) is 0 Å². The second-order valence-corrected chi connectivity index (χ2v) is 9.31. The zero-order chi connectivity index (χ0) is 20.1. The highest BCUT2D eigenvalue weighted by Gasteiger charge is 2.36. The minimum absolute atomic E-state index is 0.148. The summed E-state index contributed by atoms with van der Waals surface area (Å²) in [5, 5.41) is 3.38. The molecule has 1 atom stereocenters. The van der Waals surface area contributed by atoms with Gasteiger partial charge in [-0.25, -0.2) is 9.59 Å². The van der Waals surface area contributed by atoms with E-state index in [-0.39, 0.29) is 18.2 Å². The zero-order valence-corrected chi connectivity index (χ0v) is 17.7. The molecule has 0 aromatic heterocycles. The van der Waals surface area contributed by atoms with Crippen molar-refractivity contribution in [1.82, 2.24) is 15.1 Å². The molecular formula is C19H37N3O4. The van der Waals surface area contributed by atoms with Crippen molar-refractivity contribution in [3.63, 3.8) is 0 Å². The largest absolute Gasteiger partial charge is 0.444 e. The predicted molar refractivity (Wildman–Crippen MR) is 102 cm³/mol. The molecule has 0 radical (unpaired) electrons. The third-order valence-corrected chi connectivity index (χ3v) is 3.69. The minimum Gasteiger partial charge on any atom is -0.444 e. The van der Waals surface area contributed by atoms with Crippen molar-refractivity contribution in [2.45, 2.75) is 72.6 Å². The summed E-state index contributed by atoms with van der Waals surface area (Å²) < 4.78 is 11.0. The van der Waals surface area contributed by atoms with Gasteiger partial charge in [-0.1, -0.05) is 13.8 Å². The molecule has 2 amide bonds. The molecule has 7 heteroatoms. The van der Waals surface area contributed by atoms with Crippen molar-refractivity contribution < 1.29 is 19.1 Å². The average Bonchev–Trinajstić information content (AvgIpc) is 2.43. The summed E-state index contributed by atoms with van der Waals surface area (Å²) in [6.07, 6.45) is -0.673. The van der Waals surface area contributed by atoms with E-state index in [1.54, 1.807) is 9.80 Å². The molecule has 0 aliphatic carbocycles. The van der Waals surface area contributed by atoms with Gasteiger partial charge in [-0.15, -0.1) is 0 Å². The fourth-order valence-electron chi connectivity index (χ4n) is 2.62. The fourth-order valence-corrected chi connectivity index (χ4v) is 2.62. The number of hydrogen-bond donors (Lipinski definition) is 1. The second-order valence-electron chi connectivity index (χ2n) is 9.31. The van der Waals surface area contributed by atoms with Crippen LogP contribution in [0.3, 0.4) is 0 Å². The first-order valence-electron chi connectivity index (χ1n) is 9.47. The van der Waals surface area contributed by atoms with E-state index in [1.807, 2.05) is 41.5 Å². The van der Waals surface area contributed by atoms with Gasteiger partial charge in [-0.2, -0.15) is 0 Å². The Bertz CT molecular complexity index is 480. The number of amides is 2. The second kappa shape index (κ2) is 8.93. The van der Waals surface area contributed by atoms with Gasteiger partial charge in [0, 0.05) is 26.2 Å². The van der Waals surface area contributed by atoms with Crippen LogP contribution in [-0.2, 0) is 9.47 Å². The molecule has 0 aromatic rings. The van der Waals surface area contributed by atoms with E-state index in [4.69, 9.17) is 9.47 Å². The van der Waals surface area contributed by atoms with Gasteiger partial charge in [0.1, 0.15) is 11.2 Å². The van der Waals surface area contributed by atoms with Gasteiger partial charge in [-0.3, -0.25) is 0 Å². The Hall–Kier alpha value is -1.50. The van der Waals surface area contributed by atoms with E-state index in [0.717, 1.165) is 6.54 Å². The van der Waals surface area contributed by atoms with Crippen molar-refractivity contribution >= 4 is 12.2 Å². The predicted octanol–water partition coefficient (Wildman–Crippen LogP) is 3.09. The molecule has 1 heterocycles. The number of carbonyl (C=O) groups is 2. The normalized spacial score (nSPS) is 18.9. The highest BCUT2D eigenvalue weighted by Crippen LogP contribution is 2.18. The van der Waals surface area contributed by atoms with E-state index < -0.39 is 11.2 Å². The van der Waals surface area contributed by atoms with Crippen LogP contribution in [0.5, 0.6) is 0 Å². The van der Waals surface area contributed by atoms with E-state index >= 15 is 0 Å². The average molecular weight is 372 g/mol. The van der Waals surface area contributed by atoms with Gasteiger partial charge in [0.25, 0.3) is 0 Å². The number of ether oxygens (including phenoxy) is 2. The van der Waals surface area contributed by atoms with Gasteiger partial charge >= 0.3 is 12.2 Å². The van der Waals surface area contributed by atoms with Crippen molar-refractivity contribution in [1.29, 1.82) is 0 Å². The van der Waals surface area contributed by atoms with Crippen LogP contribution in [-0.4, -0.2) is 72.0 Å². The highest BCUT2D eigenvalue weighted by molar-refractivity contribution is 5.71. The molecule has 7 nitrogen and oxygen atoms in total. The molecule has 1 saturated heterocycles. The van der Waals surface area contributed by atoms with E-state index in [9.17, 15) is 9.59 Å². The first kappa shape index (κ1) is 22.5. The van der Waals surface area contributed by atoms with Crippen LogP contribution in [0.25, 0.3) is 0 Å². The lowest BCUT2D eigenvalue weighted by Gasteiger charge is -2.42. The Morgan fingerprint density at radius 3 is 2.04 bits per heavy atom. The lowest BCUT2D eigenvalue weighted by atomic mass is 10.1. The summed E-state index contributed by atoms with van der Waals surface area (Å²) >= 11 is 0. The van der Waals surface area contributed by atoms with Gasteiger partial charge < -0.3 is 24.6 Å². The zero-order valence-electron chi connectivity index (χ0n) is 17.7. The fraction of sp³-hybridized carbons (Fsp3) is 0.895. The van der Waals surface area contributed by atoms with Crippen molar-refractivity contribution in [3.8, 4) is 0 Å². The molecule has 0 saturated carbocycles. The van der Waals surface area contributed by atoms with Crippen LogP contribution < -0.4 is 5.32 Å². The number of carbonyl (C=O) groups excluding carboxylic acids is 2. The first-order chi connectivity index (χ1) is 11.8. The van der Waals surface area contributed by atoms with Crippen LogP contribution in [0.4, 0.5) is 9.59 Å². The molecule has 0 spiro atoms. The van der Waals surface area contributed by atoms with E-state index in [2.05, 4.69) is 19.2 Å². The third kappa shape index (κ3) is 8.25. The minimum atomic E-state index is -0.546. The number of nitrogens with zero attached hydrogens (tertiary/aromatic N) is 2. The number of hydrogen-bond acceptors (Lipinski definition) is 5. The summed E-state index contributed by atoms with van der Waals surface area (Å²) in [4.78, 5) is 28.4. The summed E-state index contributed by atoms with van der Waals surface area (Å²) in [5.41, 5.74) is -1.08. The maximum absolute atomic E-state index is 12.6. The molecule has 152 valence electrons. The Morgan fingerprint density at radius 2 is 1.54 bits per heavy atom. The monoisotopic (exact) mass is 371 g/mol. The summed E-state index contributed by atoms with van der Waals surface area (Å²) in [7, 11) is 0. The van der Waals surface area contributed by atoms with Crippen LogP contribution in [0.2, 0.25) is 0 Å². The smallest absolute Gasteiger partial charge is 0.410 e. The van der Waals surface area contributed by atoms with Gasteiger partial charge in [0.2, 0.25) is 0 Å². The lowest BCUT2D eigenvalue weighted by Crippen LogP contribution is -2.60. The first-order valence-corrected chi connectivity index (χ1v) is 9.47. The Morgan fingerprint density at radius 1 is 1.00 bits per heavy atom. The Kier molecular flexibility index (Phi) is 7.74. The highest BCUT2D eigenvalue weighted by atomic mass is 16.6. The molecule has 1 rings (SSSR count).